The van der Waals surface area contributed by atoms with Crippen LogP contribution in [-0.2, 0) is 19.1 Å². The van der Waals surface area contributed by atoms with Crippen LogP contribution < -0.4 is 15.4 Å². The van der Waals surface area contributed by atoms with Gasteiger partial charge in [0.15, 0.2) is 0 Å². The van der Waals surface area contributed by atoms with Crippen LogP contribution in [-0.4, -0.2) is 86.6 Å². The Morgan fingerprint density at radius 3 is 1.69 bits per heavy atom. The molecule has 0 spiro atoms. The normalized spacial score (nSPS) is 20.7. The van der Waals surface area contributed by atoms with E-state index in [9.17, 15) is 45.5 Å². The van der Waals surface area contributed by atoms with Crippen LogP contribution in [0, 0.1) is 11.6 Å². The first-order valence-corrected chi connectivity index (χ1v) is 18.6. The zero-order valence-electron chi connectivity index (χ0n) is 32.8. The Bertz CT molecular complexity index is 2350. The van der Waals surface area contributed by atoms with Gasteiger partial charge in [0, 0.05) is 52.9 Å². The molecule has 1 unspecified atom stereocenters. The molecule has 0 aliphatic carbocycles. The van der Waals surface area contributed by atoms with Crippen molar-refractivity contribution in [1.82, 2.24) is 14.4 Å². The second-order valence-corrected chi connectivity index (χ2v) is 16.9. The average molecular weight is 830 g/mol. The van der Waals surface area contributed by atoms with Crippen molar-refractivity contribution in [1.29, 1.82) is 0 Å². The number of nitrogens with zero attached hydrogens (tertiary/aromatic N) is 3. The molecule has 0 radical (unpaired) electrons. The number of hydrogen-bond donors (Lipinski definition) is 2. The molecule has 3 aliphatic rings. The molecule has 314 valence electrons. The Kier molecular flexibility index (Phi) is 10.1. The first-order chi connectivity index (χ1) is 27.3. The summed E-state index contributed by atoms with van der Waals surface area (Å²) in [6.45, 7) is 7.39. The van der Waals surface area contributed by atoms with Gasteiger partial charge in [-0.2, -0.15) is 0 Å². The Morgan fingerprint density at radius 2 is 1.19 bits per heavy atom. The standard InChI is InChI=1S/C41H41F6N5O7/c1-38(2,3)58-36(55)50-19-40(44,45)17-30(50)33(53)48-25-8-10-28-21(13-25)14-29-27-9-7-26(16-32(27)57-35(52(28)29)22-11-23(42)15-24(43)12-22)49-34(54)31-18-41(46,47)20-51(31)37(56)59-39(4,5)6/h7-16,30-31,35H,17-20H2,1-6H3,(H,48,53)(H,49,54)/t30-,31-,35?/m0/s1. The molecule has 7 rings (SSSR count). The molecule has 2 N–H and O–H groups in total. The second kappa shape index (κ2) is 14.4. The van der Waals surface area contributed by atoms with E-state index in [1.165, 1.54) is 18.2 Å². The Hall–Kier alpha value is -5.94. The molecule has 4 heterocycles. The highest BCUT2D eigenvalue weighted by Crippen LogP contribution is 2.46. The van der Waals surface area contributed by atoms with Crippen molar-refractivity contribution in [3.05, 3.63) is 77.9 Å². The maximum absolute atomic E-state index is 14.6. The molecule has 0 saturated carbocycles. The summed E-state index contributed by atoms with van der Waals surface area (Å²) < 4.78 is 106. The lowest BCUT2D eigenvalue weighted by Gasteiger charge is -2.31. The zero-order chi connectivity index (χ0) is 43.0. The van der Waals surface area contributed by atoms with Crippen molar-refractivity contribution in [3.8, 4) is 17.0 Å². The number of rotatable bonds is 5. The van der Waals surface area contributed by atoms with Crippen LogP contribution in [0.3, 0.4) is 0 Å². The van der Waals surface area contributed by atoms with E-state index in [0.29, 0.717) is 38.0 Å². The molecule has 4 amide bonds. The van der Waals surface area contributed by atoms with Gasteiger partial charge in [-0.3, -0.25) is 19.4 Å². The predicted molar refractivity (Wildman–Crippen MR) is 202 cm³/mol. The molecule has 59 heavy (non-hydrogen) atoms. The number of likely N-dealkylation sites (tertiary alicyclic amines) is 2. The fourth-order valence-electron chi connectivity index (χ4n) is 7.37. The van der Waals surface area contributed by atoms with Gasteiger partial charge in [0.25, 0.3) is 11.8 Å². The molecule has 2 fully saturated rings. The predicted octanol–water partition coefficient (Wildman–Crippen LogP) is 8.69. The number of amides is 4. The number of carbonyl (C=O) groups is 4. The number of hydrogen-bond acceptors (Lipinski definition) is 7. The van der Waals surface area contributed by atoms with Crippen molar-refractivity contribution in [2.45, 2.75) is 95.7 Å². The first kappa shape index (κ1) is 41.2. The summed E-state index contributed by atoms with van der Waals surface area (Å²) in [6.07, 6.45) is -5.20. The number of alkyl halides is 4. The summed E-state index contributed by atoms with van der Waals surface area (Å²) in [6, 6.07) is 10.5. The molecule has 12 nitrogen and oxygen atoms in total. The number of halogens is 6. The summed E-state index contributed by atoms with van der Waals surface area (Å²) in [5, 5.41) is 5.67. The van der Waals surface area contributed by atoms with E-state index in [-0.39, 0.29) is 22.7 Å². The highest BCUT2D eigenvalue weighted by atomic mass is 19.3. The molecule has 3 aromatic carbocycles. The number of carbonyl (C=O) groups excluding carboxylic acids is 4. The third-order valence-electron chi connectivity index (χ3n) is 9.68. The molecule has 3 aliphatic heterocycles. The number of anilines is 2. The summed E-state index contributed by atoms with van der Waals surface area (Å²) in [5.41, 5.74) is -0.264. The van der Waals surface area contributed by atoms with E-state index in [1.807, 2.05) is 0 Å². The van der Waals surface area contributed by atoms with Gasteiger partial charge in [-0.1, -0.05) is 0 Å². The summed E-state index contributed by atoms with van der Waals surface area (Å²) in [5.74, 6) is -10.1. The largest absolute Gasteiger partial charge is 0.465 e. The zero-order valence-corrected chi connectivity index (χ0v) is 32.8. The molecule has 1 aromatic heterocycles. The lowest BCUT2D eigenvalue weighted by Crippen LogP contribution is -2.45. The topological polar surface area (TPSA) is 131 Å². The van der Waals surface area contributed by atoms with Gasteiger partial charge in [0.2, 0.25) is 18.0 Å². The molecule has 2 saturated heterocycles. The van der Waals surface area contributed by atoms with Gasteiger partial charge < -0.3 is 29.4 Å². The van der Waals surface area contributed by atoms with Gasteiger partial charge in [-0.25, -0.2) is 35.9 Å². The SMILES string of the molecule is CC(C)(C)OC(=O)N1CC(F)(F)C[C@H]1C(=O)Nc1ccc2c(c1)OC(c1cc(F)cc(F)c1)n1c-2cc2cc(NC(=O)[C@@H]3CC(F)(F)CN3C(=O)OC(C)(C)C)ccc21. The fraction of sp³-hybridized carbons (Fsp3) is 0.415. The third kappa shape index (κ3) is 8.76. The van der Waals surface area contributed by atoms with Crippen molar-refractivity contribution < 1.29 is 59.7 Å². The van der Waals surface area contributed by atoms with E-state index >= 15 is 0 Å². The highest BCUT2D eigenvalue weighted by molar-refractivity contribution is 6.00. The molecule has 0 bridgehead atoms. The highest BCUT2D eigenvalue weighted by Gasteiger charge is 2.52. The van der Waals surface area contributed by atoms with Crippen LogP contribution in [0.25, 0.3) is 22.2 Å². The number of fused-ring (bicyclic) bond motifs is 5. The molecule has 4 aromatic rings. The van der Waals surface area contributed by atoms with E-state index in [0.717, 1.165) is 12.1 Å². The lowest BCUT2D eigenvalue weighted by molar-refractivity contribution is -0.121. The fourth-order valence-corrected chi connectivity index (χ4v) is 7.37. The summed E-state index contributed by atoms with van der Waals surface area (Å²) in [4.78, 5) is 53.8. The quantitative estimate of drug-likeness (QED) is 0.193. The maximum atomic E-state index is 14.6. The molecular formula is C41H41F6N5O7. The second-order valence-electron chi connectivity index (χ2n) is 16.9. The average Bonchev–Trinajstić information content (AvgIpc) is 3.75. The summed E-state index contributed by atoms with van der Waals surface area (Å²) in [7, 11) is 0. The minimum Gasteiger partial charge on any atom is -0.465 e. The van der Waals surface area contributed by atoms with Crippen molar-refractivity contribution >= 4 is 46.3 Å². The van der Waals surface area contributed by atoms with E-state index in [2.05, 4.69) is 10.6 Å². The van der Waals surface area contributed by atoms with Crippen LogP contribution in [0.2, 0.25) is 0 Å². The minimum atomic E-state index is -3.35. The Morgan fingerprint density at radius 1 is 0.695 bits per heavy atom. The van der Waals surface area contributed by atoms with Gasteiger partial charge in [-0.15, -0.1) is 0 Å². The van der Waals surface area contributed by atoms with Gasteiger partial charge >= 0.3 is 12.2 Å². The monoisotopic (exact) mass is 829 g/mol. The molecular weight excluding hydrogens is 788 g/mol. The lowest BCUT2D eigenvalue weighted by atomic mass is 10.1. The number of aromatic nitrogens is 1. The smallest absolute Gasteiger partial charge is 0.411 e. The Labute approximate surface area is 334 Å². The number of nitrogens with one attached hydrogen (secondary N) is 2. The van der Waals surface area contributed by atoms with Crippen LogP contribution in [0.15, 0.2) is 60.7 Å². The third-order valence-corrected chi connectivity index (χ3v) is 9.68. The van der Waals surface area contributed by atoms with Gasteiger partial charge in [-0.05, 0) is 90.1 Å². The summed E-state index contributed by atoms with van der Waals surface area (Å²) >= 11 is 0. The van der Waals surface area contributed by atoms with Crippen LogP contribution in [0.5, 0.6) is 5.75 Å². The van der Waals surface area contributed by atoms with Crippen LogP contribution in [0.4, 0.5) is 47.3 Å². The number of benzene rings is 3. The van der Waals surface area contributed by atoms with E-state index < -0.39 is 103 Å². The minimum absolute atomic E-state index is 0.0595. The van der Waals surface area contributed by atoms with Gasteiger partial charge in [0.1, 0.15) is 40.7 Å². The van der Waals surface area contributed by atoms with Crippen molar-refractivity contribution in [3.63, 3.8) is 0 Å². The first-order valence-electron chi connectivity index (χ1n) is 18.6. The molecule has 18 heteroatoms. The van der Waals surface area contributed by atoms with Gasteiger partial charge in [0.05, 0.1) is 24.3 Å². The Balaban J connectivity index is 1.20. The van der Waals surface area contributed by atoms with Crippen LogP contribution in [0.1, 0.15) is 66.2 Å². The molecule has 3 atom stereocenters. The number of ether oxygens (including phenoxy) is 3. The van der Waals surface area contributed by atoms with E-state index in [4.69, 9.17) is 14.2 Å². The van der Waals surface area contributed by atoms with E-state index in [1.54, 1.807) is 70.4 Å². The maximum Gasteiger partial charge on any atom is 0.411 e. The van der Waals surface area contributed by atoms with Crippen LogP contribution >= 0.6 is 0 Å². The van der Waals surface area contributed by atoms with Crippen molar-refractivity contribution in [2.75, 3.05) is 23.7 Å². The van der Waals surface area contributed by atoms with Crippen molar-refractivity contribution in [2.24, 2.45) is 0 Å².